The summed E-state index contributed by atoms with van der Waals surface area (Å²) in [6.45, 7) is 11.2. The van der Waals surface area contributed by atoms with Gasteiger partial charge in [-0.3, -0.25) is 0 Å². The van der Waals surface area contributed by atoms with E-state index in [0.29, 0.717) is 6.04 Å². The van der Waals surface area contributed by atoms with Gasteiger partial charge in [-0.2, -0.15) is 0 Å². The molecule has 0 amide bonds. The van der Waals surface area contributed by atoms with Crippen molar-refractivity contribution < 1.29 is 4.74 Å². The summed E-state index contributed by atoms with van der Waals surface area (Å²) in [7, 11) is 0. The molecule has 3 nitrogen and oxygen atoms in total. The summed E-state index contributed by atoms with van der Waals surface area (Å²) in [4.78, 5) is 0. The lowest BCUT2D eigenvalue weighted by Crippen LogP contribution is -2.41. The number of nitrogens with one attached hydrogen (secondary N) is 2. The molecule has 2 N–H and O–H groups in total. The van der Waals surface area contributed by atoms with Crippen LogP contribution < -0.4 is 10.6 Å². The molecule has 0 aliphatic rings. The van der Waals surface area contributed by atoms with Crippen molar-refractivity contribution in [3.05, 3.63) is 0 Å². The molecule has 0 rings (SSSR count). The van der Waals surface area contributed by atoms with Crippen molar-refractivity contribution in [3.8, 4) is 0 Å². The van der Waals surface area contributed by atoms with Gasteiger partial charge in [-0.25, -0.2) is 0 Å². The van der Waals surface area contributed by atoms with E-state index in [0.717, 1.165) is 37.2 Å². The summed E-state index contributed by atoms with van der Waals surface area (Å²) in [5.74, 6) is 0.792. The van der Waals surface area contributed by atoms with Gasteiger partial charge in [-0.1, -0.05) is 26.7 Å². The first-order valence-electron chi connectivity index (χ1n) is 7.18. The molecule has 0 aromatic carbocycles. The fraction of sp³-hybridized carbons (Fsp3) is 0.929. The van der Waals surface area contributed by atoms with Crippen LogP contribution in [0, 0.1) is 5.92 Å². The number of ether oxygens (including phenoxy) is 1. The van der Waals surface area contributed by atoms with Crippen LogP contribution in [0.3, 0.4) is 0 Å². The quantitative estimate of drug-likeness (QED) is 0.474. The molecule has 4 heteroatoms. The number of thiocarbonyl (C=S) groups is 1. The summed E-state index contributed by atoms with van der Waals surface area (Å²) in [6.07, 6.45) is 4.73. The highest BCUT2D eigenvalue weighted by Gasteiger charge is 2.04. The summed E-state index contributed by atoms with van der Waals surface area (Å²) in [5.41, 5.74) is 0. The zero-order chi connectivity index (χ0) is 13.8. The van der Waals surface area contributed by atoms with Gasteiger partial charge in [0.15, 0.2) is 5.11 Å². The standard InChI is InChI=1S/C14H30N2OS/c1-5-17-11-7-10-15-14(18)16-13(4)9-6-8-12(2)3/h12-13H,5-11H2,1-4H3,(H2,15,16,18). The fourth-order valence-electron chi connectivity index (χ4n) is 1.70. The van der Waals surface area contributed by atoms with Crippen LogP contribution in [0.4, 0.5) is 0 Å². The summed E-state index contributed by atoms with van der Waals surface area (Å²) < 4.78 is 5.27. The minimum Gasteiger partial charge on any atom is -0.382 e. The molecule has 0 spiro atoms. The Morgan fingerprint density at radius 3 is 2.50 bits per heavy atom. The third-order valence-corrected chi connectivity index (χ3v) is 3.01. The molecule has 0 heterocycles. The molecule has 1 atom stereocenters. The van der Waals surface area contributed by atoms with Crippen molar-refractivity contribution in [1.82, 2.24) is 10.6 Å². The Morgan fingerprint density at radius 2 is 1.89 bits per heavy atom. The summed E-state index contributed by atoms with van der Waals surface area (Å²) >= 11 is 5.25. The first-order valence-corrected chi connectivity index (χ1v) is 7.59. The molecule has 0 aromatic heterocycles. The Balaban J connectivity index is 3.43. The molecule has 0 bridgehead atoms. The van der Waals surface area contributed by atoms with Gasteiger partial charge >= 0.3 is 0 Å². The molecule has 108 valence electrons. The minimum absolute atomic E-state index is 0.454. The van der Waals surface area contributed by atoms with E-state index in [2.05, 4.69) is 31.4 Å². The van der Waals surface area contributed by atoms with Crippen molar-refractivity contribution in [3.63, 3.8) is 0 Å². The van der Waals surface area contributed by atoms with E-state index in [1.54, 1.807) is 0 Å². The third kappa shape index (κ3) is 12.1. The van der Waals surface area contributed by atoms with Gasteiger partial charge in [0.05, 0.1) is 0 Å². The van der Waals surface area contributed by atoms with Crippen molar-refractivity contribution in [2.24, 2.45) is 5.92 Å². The van der Waals surface area contributed by atoms with Gasteiger partial charge < -0.3 is 15.4 Å². The molecular weight excluding hydrogens is 244 g/mol. The molecule has 0 aromatic rings. The third-order valence-electron chi connectivity index (χ3n) is 2.75. The Bertz CT molecular complexity index is 210. The normalized spacial score (nSPS) is 12.5. The predicted molar refractivity (Wildman–Crippen MR) is 83.0 cm³/mol. The summed E-state index contributed by atoms with van der Waals surface area (Å²) in [5, 5.41) is 7.30. The molecule has 1 unspecified atom stereocenters. The van der Waals surface area contributed by atoms with Crippen LogP contribution in [0.15, 0.2) is 0 Å². The highest BCUT2D eigenvalue weighted by Crippen LogP contribution is 2.07. The number of hydrogen-bond acceptors (Lipinski definition) is 2. The highest BCUT2D eigenvalue weighted by molar-refractivity contribution is 7.80. The second-order valence-electron chi connectivity index (χ2n) is 5.18. The maximum Gasteiger partial charge on any atom is 0.166 e. The predicted octanol–water partition coefficient (Wildman–Crippen LogP) is 3.09. The van der Waals surface area contributed by atoms with Gasteiger partial charge in [0.1, 0.15) is 0 Å². The summed E-state index contributed by atoms with van der Waals surface area (Å²) in [6, 6.07) is 0.454. The maximum atomic E-state index is 5.27. The van der Waals surface area contributed by atoms with Gasteiger partial charge in [0.2, 0.25) is 0 Å². The van der Waals surface area contributed by atoms with Crippen LogP contribution in [-0.4, -0.2) is 30.9 Å². The molecule has 0 saturated heterocycles. The maximum absolute atomic E-state index is 5.27. The van der Waals surface area contributed by atoms with E-state index in [9.17, 15) is 0 Å². The molecular formula is C14H30N2OS. The SMILES string of the molecule is CCOCCCNC(=S)NC(C)CCCC(C)C. The largest absolute Gasteiger partial charge is 0.382 e. The molecule has 0 aliphatic carbocycles. The molecule has 0 radical (unpaired) electrons. The Hall–Kier alpha value is -0.350. The monoisotopic (exact) mass is 274 g/mol. The Morgan fingerprint density at radius 1 is 1.17 bits per heavy atom. The smallest absolute Gasteiger partial charge is 0.166 e. The van der Waals surface area contributed by atoms with Crippen LogP contribution in [0.1, 0.15) is 53.4 Å². The van der Waals surface area contributed by atoms with E-state index in [4.69, 9.17) is 17.0 Å². The van der Waals surface area contributed by atoms with E-state index in [-0.39, 0.29) is 0 Å². The zero-order valence-corrected chi connectivity index (χ0v) is 13.2. The van der Waals surface area contributed by atoms with Gasteiger partial charge in [-0.05, 0) is 44.8 Å². The van der Waals surface area contributed by atoms with Crippen molar-refractivity contribution in [2.75, 3.05) is 19.8 Å². The second kappa shape index (κ2) is 11.7. The molecule has 0 aliphatic heterocycles. The van der Waals surface area contributed by atoms with E-state index < -0.39 is 0 Å². The van der Waals surface area contributed by atoms with Gasteiger partial charge in [-0.15, -0.1) is 0 Å². The lowest BCUT2D eigenvalue weighted by Gasteiger charge is -2.17. The van der Waals surface area contributed by atoms with Crippen LogP contribution in [-0.2, 0) is 4.74 Å². The van der Waals surface area contributed by atoms with Crippen molar-refractivity contribution in [2.45, 2.75) is 59.4 Å². The van der Waals surface area contributed by atoms with Crippen LogP contribution in [0.2, 0.25) is 0 Å². The number of hydrogen-bond donors (Lipinski definition) is 2. The average molecular weight is 274 g/mol. The zero-order valence-electron chi connectivity index (χ0n) is 12.4. The average Bonchev–Trinajstić information content (AvgIpc) is 2.28. The topological polar surface area (TPSA) is 33.3 Å². The highest BCUT2D eigenvalue weighted by atomic mass is 32.1. The molecule has 18 heavy (non-hydrogen) atoms. The van der Waals surface area contributed by atoms with Gasteiger partial charge in [0.25, 0.3) is 0 Å². The van der Waals surface area contributed by atoms with E-state index in [1.807, 2.05) is 6.92 Å². The first-order chi connectivity index (χ1) is 8.56. The molecule has 0 fully saturated rings. The van der Waals surface area contributed by atoms with Gasteiger partial charge in [0, 0.05) is 25.8 Å². The van der Waals surface area contributed by atoms with E-state index >= 15 is 0 Å². The lowest BCUT2D eigenvalue weighted by atomic mass is 10.0. The van der Waals surface area contributed by atoms with E-state index in [1.165, 1.54) is 19.3 Å². The van der Waals surface area contributed by atoms with Crippen molar-refractivity contribution in [1.29, 1.82) is 0 Å². The van der Waals surface area contributed by atoms with Crippen LogP contribution >= 0.6 is 12.2 Å². The lowest BCUT2D eigenvalue weighted by molar-refractivity contribution is 0.145. The molecule has 0 saturated carbocycles. The fourth-order valence-corrected chi connectivity index (χ4v) is 2.00. The Labute approximate surface area is 118 Å². The first kappa shape index (κ1) is 17.6. The minimum atomic E-state index is 0.454. The van der Waals surface area contributed by atoms with Crippen molar-refractivity contribution >= 4 is 17.3 Å². The second-order valence-corrected chi connectivity index (χ2v) is 5.58. The van der Waals surface area contributed by atoms with Crippen LogP contribution in [0.5, 0.6) is 0 Å². The Kier molecular flexibility index (Phi) is 11.5. The number of rotatable bonds is 10. The van der Waals surface area contributed by atoms with Crippen LogP contribution in [0.25, 0.3) is 0 Å².